The number of hydrogen-bond donors (Lipinski definition) is 1. The normalized spacial score (nSPS) is 23.2. The van der Waals surface area contributed by atoms with Gasteiger partial charge in [-0.1, -0.05) is 35.2 Å². The van der Waals surface area contributed by atoms with E-state index in [1.54, 1.807) is 0 Å². The largest absolute Gasteiger partial charge is 0.346 e. The van der Waals surface area contributed by atoms with Crippen molar-refractivity contribution in [3.05, 3.63) is 28.5 Å². The number of nitrogens with zero attached hydrogens (tertiary/aromatic N) is 2. The Hall–Kier alpha value is -1.36. The van der Waals surface area contributed by atoms with Crippen LogP contribution in [0.2, 0.25) is 0 Å². The van der Waals surface area contributed by atoms with E-state index < -0.39 is 0 Å². The minimum Gasteiger partial charge on any atom is -0.346 e. The van der Waals surface area contributed by atoms with Crippen LogP contribution < -0.4 is 5.32 Å². The molecule has 1 aromatic heterocycles. The third-order valence-electron chi connectivity index (χ3n) is 5.16. The number of fused-ring (bicyclic) bond motifs is 1. The quantitative estimate of drug-likeness (QED) is 0.830. The fourth-order valence-electron chi connectivity index (χ4n) is 4.06. The maximum absolute atomic E-state index is 11.8. The first-order valence-electron chi connectivity index (χ1n) is 8.69. The predicted molar refractivity (Wildman–Crippen MR) is 94.3 cm³/mol. The number of halogens is 1. The first-order valence-corrected chi connectivity index (χ1v) is 9.48. The van der Waals surface area contributed by atoms with Crippen LogP contribution in [-0.2, 0) is 4.79 Å². The lowest BCUT2D eigenvalue weighted by atomic mass is 9.94. The zero-order valence-electron chi connectivity index (χ0n) is 13.2. The van der Waals surface area contributed by atoms with E-state index in [0.717, 1.165) is 28.7 Å². The molecule has 0 radical (unpaired) electrons. The number of benzene rings is 1. The molecule has 2 aliphatic rings. The van der Waals surface area contributed by atoms with Crippen molar-refractivity contribution in [2.45, 2.75) is 63.5 Å². The molecule has 4 nitrogen and oxygen atoms in total. The molecule has 1 aromatic carbocycles. The smallest absolute Gasteiger partial charge is 0.220 e. The van der Waals surface area contributed by atoms with Crippen LogP contribution in [0.15, 0.2) is 22.7 Å². The predicted octanol–water partition coefficient (Wildman–Crippen LogP) is 4.65. The van der Waals surface area contributed by atoms with Crippen LogP contribution in [0.3, 0.4) is 0 Å². The van der Waals surface area contributed by atoms with Crippen LogP contribution in [0.4, 0.5) is 0 Å². The highest BCUT2D eigenvalue weighted by Gasteiger charge is 2.28. The lowest BCUT2D eigenvalue weighted by Crippen LogP contribution is -2.34. The van der Waals surface area contributed by atoms with Gasteiger partial charge in [0.1, 0.15) is 5.82 Å². The molecular formula is C18H22BrN3O. The molecule has 1 aliphatic carbocycles. The third kappa shape index (κ3) is 2.91. The molecule has 2 aromatic rings. The van der Waals surface area contributed by atoms with E-state index in [0.29, 0.717) is 12.5 Å². The van der Waals surface area contributed by atoms with Crippen molar-refractivity contribution in [2.75, 3.05) is 0 Å². The van der Waals surface area contributed by atoms with Crippen molar-refractivity contribution in [1.82, 2.24) is 14.9 Å². The van der Waals surface area contributed by atoms with Gasteiger partial charge in [0, 0.05) is 16.9 Å². The van der Waals surface area contributed by atoms with E-state index in [9.17, 15) is 4.79 Å². The first kappa shape index (κ1) is 15.2. The number of carbonyl (C=O) groups is 1. The highest BCUT2D eigenvalue weighted by Crippen LogP contribution is 2.36. The summed E-state index contributed by atoms with van der Waals surface area (Å²) < 4.78 is 3.48. The minimum atomic E-state index is 0.0596. The zero-order chi connectivity index (χ0) is 15.8. The van der Waals surface area contributed by atoms with Crippen molar-refractivity contribution in [2.24, 2.45) is 0 Å². The van der Waals surface area contributed by atoms with E-state index in [-0.39, 0.29) is 11.9 Å². The topological polar surface area (TPSA) is 46.9 Å². The molecule has 0 unspecified atom stereocenters. The molecular weight excluding hydrogens is 354 g/mol. The summed E-state index contributed by atoms with van der Waals surface area (Å²) >= 11 is 3.55. The van der Waals surface area contributed by atoms with Crippen molar-refractivity contribution >= 4 is 32.9 Å². The molecule has 0 spiro atoms. The standard InChI is InChI=1S/C18H22BrN3O/c19-12-9-10-16-15(11-12)21-18(14-7-4-8-17(23)20-14)22(16)13-5-2-1-3-6-13/h9-11,13-14H,1-8H2,(H,20,23)/t14-/m0/s1. The van der Waals surface area contributed by atoms with Gasteiger partial charge >= 0.3 is 0 Å². The summed E-state index contributed by atoms with van der Waals surface area (Å²) in [6, 6.07) is 6.91. The molecule has 4 rings (SSSR count). The Kier molecular flexibility index (Phi) is 4.14. The third-order valence-corrected chi connectivity index (χ3v) is 5.66. The number of aromatic nitrogens is 2. The molecule has 122 valence electrons. The molecule has 2 fully saturated rings. The fourth-order valence-corrected chi connectivity index (χ4v) is 4.41. The highest BCUT2D eigenvalue weighted by atomic mass is 79.9. The van der Waals surface area contributed by atoms with Gasteiger partial charge in [0.25, 0.3) is 0 Å². The summed E-state index contributed by atoms with van der Waals surface area (Å²) in [6.45, 7) is 0. The van der Waals surface area contributed by atoms with E-state index >= 15 is 0 Å². The monoisotopic (exact) mass is 375 g/mol. The fraction of sp³-hybridized carbons (Fsp3) is 0.556. The summed E-state index contributed by atoms with van der Waals surface area (Å²) in [5, 5.41) is 3.15. The van der Waals surface area contributed by atoms with Gasteiger partial charge in [-0.3, -0.25) is 4.79 Å². The summed E-state index contributed by atoms with van der Waals surface area (Å²) in [6.07, 6.45) is 8.94. The number of carbonyl (C=O) groups excluding carboxylic acids is 1. The molecule has 1 amide bonds. The van der Waals surface area contributed by atoms with Crippen LogP contribution in [0.25, 0.3) is 11.0 Å². The van der Waals surface area contributed by atoms with Gasteiger partial charge in [0.2, 0.25) is 5.91 Å². The second kappa shape index (κ2) is 6.27. The van der Waals surface area contributed by atoms with Gasteiger partial charge in [-0.05, 0) is 43.9 Å². The highest BCUT2D eigenvalue weighted by molar-refractivity contribution is 9.10. The summed E-state index contributed by atoms with van der Waals surface area (Å²) in [5.41, 5.74) is 2.23. The Bertz CT molecular complexity index is 733. The average molecular weight is 376 g/mol. The number of imidazole rings is 1. The van der Waals surface area contributed by atoms with Gasteiger partial charge in [-0.25, -0.2) is 4.98 Å². The Morgan fingerprint density at radius 3 is 2.74 bits per heavy atom. The maximum Gasteiger partial charge on any atom is 0.220 e. The molecule has 1 saturated heterocycles. The molecule has 5 heteroatoms. The molecule has 2 heterocycles. The molecule has 1 N–H and O–H groups in total. The van der Waals surface area contributed by atoms with Gasteiger partial charge in [0.15, 0.2) is 0 Å². The molecule has 23 heavy (non-hydrogen) atoms. The minimum absolute atomic E-state index is 0.0596. The van der Waals surface area contributed by atoms with Crippen LogP contribution in [-0.4, -0.2) is 15.5 Å². The first-order chi connectivity index (χ1) is 11.2. The van der Waals surface area contributed by atoms with E-state index in [4.69, 9.17) is 4.98 Å². The Labute approximate surface area is 144 Å². The summed E-state index contributed by atoms with van der Waals surface area (Å²) in [5.74, 6) is 1.21. The second-order valence-corrected chi connectivity index (χ2v) is 7.69. The zero-order valence-corrected chi connectivity index (χ0v) is 14.8. The van der Waals surface area contributed by atoms with Crippen LogP contribution in [0.1, 0.15) is 69.3 Å². The van der Waals surface area contributed by atoms with Crippen LogP contribution in [0.5, 0.6) is 0 Å². The molecule has 1 aliphatic heterocycles. The van der Waals surface area contributed by atoms with E-state index in [2.05, 4.69) is 44.0 Å². The lowest BCUT2D eigenvalue weighted by molar-refractivity contribution is -0.123. The van der Waals surface area contributed by atoms with Gasteiger partial charge in [-0.2, -0.15) is 0 Å². The Balaban J connectivity index is 1.82. The number of amides is 1. The molecule has 0 bridgehead atoms. The maximum atomic E-state index is 11.8. The Morgan fingerprint density at radius 2 is 1.96 bits per heavy atom. The number of hydrogen-bond acceptors (Lipinski definition) is 2. The second-order valence-electron chi connectivity index (χ2n) is 6.78. The van der Waals surface area contributed by atoms with Gasteiger partial charge in [0.05, 0.1) is 17.1 Å². The summed E-state index contributed by atoms with van der Waals surface area (Å²) in [4.78, 5) is 16.8. The number of piperidine rings is 1. The van der Waals surface area contributed by atoms with E-state index in [1.807, 2.05) is 0 Å². The van der Waals surface area contributed by atoms with Gasteiger partial charge < -0.3 is 9.88 Å². The van der Waals surface area contributed by atoms with E-state index in [1.165, 1.54) is 37.6 Å². The summed E-state index contributed by atoms with van der Waals surface area (Å²) in [7, 11) is 0. The number of rotatable bonds is 2. The number of nitrogens with one attached hydrogen (secondary N) is 1. The average Bonchev–Trinajstić information content (AvgIpc) is 2.94. The molecule has 1 saturated carbocycles. The van der Waals surface area contributed by atoms with Crippen LogP contribution in [0, 0.1) is 0 Å². The van der Waals surface area contributed by atoms with Crippen molar-refractivity contribution in [1.29, 1.82) is 0 Å². The van der Waals surface area contributed by atoms with Crippen molar-refractivity contribution in [3.8, 4) is 0 Å². The van der Waals surface area contributed by atoms with Crippen molar-refractivity contribution < 1.29 is 4.79 Å². The van der Waals surface area contributed by atoms with Gasteiger partial charge in [-0.15, -0.1) is 0 Å². The lowest BCUT2D eigenvalue weighted by Gasteiger charge is -2.29. The SMILES string of the molecule is O=C1CCC[C@@H](c2nc3cc(Br)ccc3n2C2CCCCC2)N1. The van der Waals surface area contributed by atoms with Crippen molar-refractivity contribution in [3.63, 3.8) is 0 Å². The Morgan fingerprint density at radius 1 is 1.13 bits per heavy atom. The van der Waals surface area contributed by atoms with Crippen LogP contribution >= 0.6 is 15.9 Å². The molecule has 1 atom stereocenters.